The fourth-order valence-electron chi connectivity index (χ4n) is 1.27. The number of carbonyl (C=O) groups excluding carboxylic acids is 1. The van der Waals surface area contributed by atoms with Crippen molar-refractivity contribution in [2.45, 2.75) is 12.5 Å². The maximum absolute atomic E-state index is 13.0. The Balaban J connectivity index is 2.67. The van der Waals surface area contributed by atoms with Crippen molar-refractivity contribution in [2.24, 2.45) is 0 Å². The zero-order valence-electron chi connectivity index (χ0n) is 9.89. The van der Waals surface area contributed by atoms with E-state index in [2.05, 4.69) is 21.2 Å². The van der Waals surface area contributed by atoms with E-state index in [9.17, 15) is 18.8 Å². The Morgan fingerprint density at radius 2 is 1.95 bits per heavy atom. The second kappa shape index (κ2) is 6.85. The second-order valence-electron chi connectivity index (χ2n) is 3.72. The van der Waals surface area contributed by atoms with Crippen LogP contribution >= 0.6 is 15.9 Å². The molecule has 0 aliphatic rings. The van der Waals surface area contributed by atoms with Crippen LogP contribution in [0.1, 0.15) is 6.42 Å². The van der Waals surface area contributed by atoms with Crippen molar-refractivity contribution in [3.8, 4) is 0 Å². The molecule has 0 heterocycles. The van der Waals surface area contributed by atoms with Gasteiger partial charge in [-0.05, 0) is 34.1 Å². The zero-order chi connectivity index (χ0) is 15.3. The van der Waals surface area contributed by atoms with E-state index in [1.807, 2.05) is 5.32 Å². The first kappa shape index (κ1) is 15.9. The number of hydrogen-bond donors (Lipinski definition) is 4. The van der Waals surface area contributed by atoms with Gasteiger partial charge in [-0.1, -0.05) is 0 Å². The number of aliphatic carboxylic acids is 2. The molecule has 0 saturated heterocycles. The summed E-state index contributed by atoms with van der Waals surface area (Å²) in [5.41, 5.74) is 0.218. The summed E-state index contributed by atoms with van der Waals surface area (Å²) in [5, 5.41) is 21.5. The Labute approximate surface area is 120 Å². The fourth-order valence-corrected chi connectivity index (χ4v) is 1.65. The van der Waals surface area contributed by atoms with E-state index in [1.54, 1.807) is 0 Å². The molecule has 0 unspecified atom stereocenters. The van der Waals surface area contributed by atoms with Gasteiger partial charge in [0, 0.05) is 5.69 Å². The van der Waals surface area contributed by atoms with Crippen LogP contribution in [-0.4, -0.2) is 34.2 Å². The number of hydrogen-bond acceptors (Lipinski definition) is 3. The van der Waals surface area contributed by atoms with Gasteiger partial charge in [0.15, 0.2) is 0 Å². The van der Waals surface area contributed by atoms with Gasteiger partial charge in [0.05, 0.1) is 10.9 Å². The van der Waals surface area contributed by atoms with Crippen LogP contribution in [-0.2, 0) is 9.59 Å². The number of carboxylic acid groups (broad SMARTS) is 2. The molecule has 0 aromatic heterocycles. The number of urea groups is 1. The number of halogens is 2. The van der Waals surface area contributed by atoms with Crippen molar-refractivity contribution in [1.29, 1.82) is 0 Å². The lowest BCUT2D eigenvalue weighted by atomic mass is 10.2. The normalized spacial score (nSPS) is 11.5. The van der Waals surface area contributed by atoms with Crippen LogP contribution in [0.25, 0.3) is 0 Å². The maximum atomic E-state index is 13.0. The van der Waals surface area contributed by atoms with E-state index in [0.717, 1.165) is 6.07 Å². The summed E-state index contributed by atoms with van der Waals surface area (Å²) < 4.78 is 13.1. The van der Waals surface area contributed by atoms with E-state index in [-0.39, 0.29) is 10.2 Å². The van der Waals surface area contributed by atoms with E-state index in [1.165, 1.54) is 12.1 Å². The number of carboxylic acids is 2. The summed E-state index contributed by atoms with van der Waals surface area (Å²) in [6.45, 7) is 0. The Morgan fingerprint density at radius 1 is 1.30 bits per heavy atom. The summed E-state index contributed by atoms with van der Waals surface area (Å²) in [6.07, 6.45) is -0.754. The van der Waals surface area contributed by atoms with Gasteiger partial charge in [-0.25, -0.2) is 14.0 Å². The van der Waals surface area contributed by atoms with Gasteiger partial charge in [0.25, 0.3) is 0 Å². The van der Waals surface area contributed by atoms with Gasteiger partial charge in [0.2, 0.25) is 0 Å². The molecule has 1 aromatic rings. The molecule has 1 rings (SSSR count). The van der Waals surface area contributed by atoms with Crippen molar-refractivity contribution in [3.05, 3.63) is 28.5 Å². The van der Waals surface area contributed by atoms with Gasteiger partial charge >= 0.3 is 18.0 Å². The first-order valence-corrected chi connectivity index (χ1v) is 6.06. The number of nitrogens with one attached hydrogen (secondary N) is 2. The average molecular weight is 349 g/mol. The predicted molar refractivity (Wildman–Crippen MR) is 69.9 cm³/mol. The highest BCUT2D eigenvalue weighted by atomic mass is 79.9. The SMILES string of the molecule is O=C(O)C[C@@H](NC(=O)Nc1ccc(F)c(Br)c1)C(=O)O. The molecular formula is C11H10BrFN2O5. The van der Waals surface area contributed by atoms with Crippen LogP contribution in [0, 0.1) is 5.82 Å². The fraction of sp³-hybridized carbons (Fsp3) is 0.182. The van der Waals surface area contributed by atoms with Crippen LogP contribution in [0.15, 0.2) is 22.7 Å². The number of rotatable bonds is 5. The lowest BCUT2D eigenvalue weighted by molar-refractivity contribution is -0.145. The standard InChI is InChI=1S/C11H10BrFN2O5/c12-6-3-5(1-2-7(6)13)14-11(20)15-8(10(18)19)4-9(16)17/h1-3,8H,4H2,(H,16,17)(H,18,19)(H2,14,15,20)/t8-/m1/s1. The Hall–Kier alpha value is -2.16. The van der Waals surface area contributed by atoms with Crippen LogP contribution in [0.2, 0.25) is 0 Å². The Morgan fingerprint density at radius 3 is 2.45 bits per heavy atom. The number of anilines is 1. The molecule has 2 amide bonds. The van der Waals surface area contributed by atoms with Crippen molar-refractivity contribution in [1.82, 2.24) is 5.32 Å². The van der Waals surface area contributed by atoms with Gasteiger partial charge in [-0.2, -0.15) is 0 Å². The maximum Gasteiger partial charge on any atom is 0.326 e. The van der Waals surface area contributed by atoms with Crippen LogP contribution in [0.3, 0.4) is 0 Å². The third kappa shape index (κ3) is 4.84. The molecule has 1 atom stereocenters. The number of amides is 2. The molecule has 1 aromatic carbocycles. The zero-order valence-corrected chi connectivity index (χ0v) is 11.5. The van der Waals surface area contributed by atoms with Gasteiger partial charge in [0.1, 0.15) is 11.9 Å². The molecule has 0 fully saturated rings. The Bertz CT molecular complexity index is 552. The van der Waals surface area contributed by atoms with E-state index >= 15 is 0 Å². The lowest BCUT2D eigenvalue weighted by Crippen LogP contribution is -2.44. The quantitative estimate of drug-likeness (QED) is 0.645. The third-order valence-electron chi connectivity index (χ3n) is 2.16. The number of carbonyl (C=O) groups is 3. The molecule has 108 valence electrons. The largest absolute Gasteiger partial charge is 0.481 e. The molecule has 0 aliphatic carbocycles. The van der Waals surface area contributed by atoms with Crippen molar-refractivity contribution in [2.75, 3.05) is 5.32 Å². The molecule has 9 heteroatoms. The average Bonchev–Trinajstić information content (AvgIpc) is 2.32. The summed E-state index contributed by atoms with van der Waals surface area (Å²) in [6, 6.07) is 1.19. The summed E-state index contributed by atoms with van der Waals surface area (Å²) in [7, 11) is 0. The minimum atomic E-state index is -1.56. The third-order valence-corrected chi connectivity index (χ3v) is 2.77. The first-order chi connectivity index (χ1) is 9.29. The minimum Gasteiger partial charge on any atom is -0.481 e. The minimum absolute atomic E-state index is 0.121. The number of benzene rings is 1. The van der Waals surface area contributed by atoms with Gasteiger partial charge in [-0.15, -0.1) is 0 Å². The van der Waals surface area contributed by atoms with E-state index in [0.29, 0.717) is 0 Å². The monoisotopic (exact) mass is 348 g/mol. The highest BCUT2D eigenvalue weighted by Gasteiger charge is 2.23. The topological polar surface area (TPSA) is 116 Å². The van der Waals surface area contributed by atoms with E-state index in [4.69, 9.17) is 10.2 Å². The molecule has 0 radical (unpaired) electrons. The summed E-state index contributed by atoms with van der Waals surface area (Å²) >= 11 is 2.92. The van der Waals surface area contributed by atoms with Gasteiger partial charge < -0.3 is 20.8 Å². The molecule has 20 heavy (non-hydrogen) atoms. The molecule has 4 N–H and O–H groups in total. The summed E-state index contributed by atoms with van der Waals surface area (Å²) in [5.74, 6) is -3.35. The van der Waals surface area contributed by atoms with Crippen molar-refractivity contribution >= 4 is 39.6 Å². The summed E-state index contributed by atoms with van der Waals surface area (Å²) in [4.78, 5) is 32.7. The molecule has 0 bridgehead atoms. The smallest absolute Gasteiger partial charge is 0.326 e. The van der Waals surface area contributed by atoms with Crippen molar-refractivity contribution in [3.63, 3.8) is 0 Å². The van der Waals surface area contributed by atoms with E-state index < -0.39 is 36.2 Å². The molecule has 0 aliphatic heterocycles. The second-order valence-corrected chi connectivity index (χ2v) is 4.57. The predicted octanol–water partition coefficient (Wildman–Crippen LogP) is 1.64. The highest BCUT2D eigenvalue weighted by molar-refractivity contribution is 9.10. The van der Waals surface area contributed by atoms with Crippen LogP contribution < -0.4 is 10.6 Å². The highest BCUT2D eigenvalue weighted by Crippen LogP contribution is 2.19. The Kier molecular flexibility index (Phi) is 5.44. The lowest BCUT2D eigenvalue weighted by Gasteiger charge is -2.13. The molecule has 0 saturated carbocycles. The van der Waals surface area contributed by atoms with Crippen LogP contribution in [0.5, 0.6) is 0 Å². The van der Waals surface area contributed by atoms with Crippen LogP contribution in [0.4, 0.5) is 14.9 Å². The van der Waals surface area contributed by atoms with Gasteiger partial charge in [-0.3, -0.25) is 4.79 Å². The molecule has 0 spiro atoms. The van der Waals surface area contributed by atoms with Crippen molar-refractivity contribution < 1.29 is 29.0 Å². The molecular weight excluding hydrogens is 339 g/mol. The molecule has 7 nitrogen and oxygen atoms in total. The first-order valence-electron chi connectivity index (χ1n) is 5.26.